The van der Waals surface area contributed by atoms with Gasteiger partial charge in [-0.2, -0.15) is 0 Å². The highest BCUT2D eigenvalue weighted by atomic mass is 127. The average molecular weight is 473 g/mol. The van der Waals surface area contributed by atoms with E-state index in [2.05, 4.69) is 71.4 Å². The average Bonchev–Trinajstić information content (AvgIpc) is 2.33. The molecule has 7 heteroatoms. The van der Waals surface area contributed by atoms with Crippen molar-refractivity contribution in [2.75, 3.05) is 0 Å². The van der Waals surface area contributed by atoms with Crippen molar-refractivity contribution in [1.29, 1.82) is 0 Å². The Morgan fingerprint density at radius 3 is 1.90 bits per heavy atom. The fourth-order valence-corrected chi connectivity index (χ4v) is 3.91. The number of rotatable bonds is 2. The highest BCUT2D eigenvalue weighted by Crippen LogP contribution is 2.05. The topological polar surface area (TPSA) is 92.2 Å². The first-order valence-corrected chi connectivity index (χ1v) is 9.52. The maximum Gasteiger partial charge on any atom is 0.358 e. The lowest BCUT2D eigenvalue weighted by Crippen LogP contribution is -3.61. The number of hydrogen-bond acceptors (Lipinski definition) is 4. The van der Waals surface area contributed by atoms with Gasteiger partial charge in [-0.15, -0.1) is 10.2 Å². The van der Waals surface area contributed by atoms with Crippen LogP contribution >= 0.6 is 15.9 Å². The first-order valence-electron chi connectivity index (χ1n) is 5.33. The van der Waals surface area contributed by atoms with E-state index in [1.807, 2.05) is 0 Å². The second-order valence-electron chi connectivity index (χ2n) is 3.66. The van der Waals surface area contributed by atoms with Crippen LogP contribution in [-0.2, 0) is 0 Å². The number of hydrogen-bond donors (Lipinski definition) is 0. The summed E-state index contributed by atoms with van der Waals surface area (Å²) in [6, 6.07) is 17.3. The Bertz CT molecular complexity index is 537. The Balaban J connectivity index is 0.000000347. The zero-order valence-corrected chi connectivity index (χ0v) is 14.9. The molecule has 2 aromatic rings. The lowest BCUT2D eigenvalue weighted by Gasteiger charge is -2.17. The Kier molecular flexibility index (Phi) is 7.38. The molecule has 0 aromatic heterocycles. The summed E-state index contributed by atoms with van der Waals surface area (Å²) in [6.45, 7) is 2.19. The second-order valence-corrected chi connectivity index (χ2v) is 8.28. The first kappa shape index (κ1) is 17.8. The summed E-state index contributed by atoms with van der Waals surface area (Å²) in [5, 5.41) is 0. The lowest BCUT2D eigenvalue weighted by molar-refractivity contribution is -2.00. The molecule has 2 aromatic carbocycles. The molecule has 4 nitrogen and oxygen atoms in total. The molecule has 0 atom stereocenters. The minimum absolute atomic E-state index is 0.0266. The summed E-state index contributed by atoms with van der Waals surface area (Å²) < 4.78 is 38.1. The summed E-state index contributed by atoms with van der Waals surface area (Å²) in [5.41, 5.74) is 1.41. The molecule has 0 bridgehead atoms. The van der Waals surface area contributed by atoms with Gasteiger partial charge < -0.3 is 0 Å². The fraction of sp³-hybridized carbons (Fsp3) is 0.0769. The fourth-order valence-electron chi connectivity index (χ4n) is 1.27. The van der Waals surface area contributed by atoms with Gasteiger partial charge in [-0.05, 0) is 37.3 Å². The van der Waals surface area contributed by atoms with Crippen molar-refractivity contribution >= 4 is 15.9 Å². The van der Waals surface area contributed by atoms with Crippen molar-refractivity contribution in [2.45, 2.75) is 6.92 Å². The lowest BCUT2D eigenvalue weighted by atomic mass is 10.2. The van der Waals surface area contributed by atoms with Gasteiger partial charge in [0.15, 0.2) is 7.14 Å². The molecule has 0 radical (unpaired) electrons. The molecule has 0 fully saturated rings. The zero-order valence-electron chi connectivity index (χ0n) is 10.4. The molecule has 108 valence electrons. The quantitative estimate of drug-likeness (QED) is 0.418. The Morgan fingerprint density at radius 2 is 1.40 bits per heavy atom. The molecule has 0 aliphatic carbocycles. The van der Waals surface area contributed by atoms with Crippen LogP contribution in [0.3, 0.4) is 0 Å². The standard InChI is InChI=1S/C13H11BrI.ClHO4/c1-10-4-2-3-5-13(10)15-12-8-6-11(14)7-9-12;2-1(3,4)5/h2-9H,1H3;(H,2,3,4,5)/q+1;/p-1. The van der Waals surface area contributed by atoms with E-state index in [-0.39, 0.29) is 21.2 Å². The summed E-state index contributed by atoms with van der Waals surface area (Å²) in [4.78, 5) is 0. The van der Waals surface area contributed by atoms with Crippen LogP contribution in [0.15, 0.2) is 53.0 Å². The van der Waals surface area contributed by atoms with E-state index < -0.39 is 10.2 Å². The minimum Gasteiger partial charge on any atom is -0.222 e. The molecule has 0 aliphatic rings. The predicted molar refractivity (Wildman–Crippen MR) is 62.7 cm³/mol. The van der Waals surface area contributed by atoms with Gasteiger partial charge in [0.25, 0.3) is 0 Å². The maximum atomic E-state index is 8.49. The Hall–Kier alpha value is -0.220. The molecular formula is C13H11BrClIO4. The molecule has 0 saturated heterocycles. The summed E-state index contributed by atoms with van der Waals surface area (Å²) in [5.74, 6) is 0. The maximum absolute atomic E-state index is 8.49. The van der Waals surface area contributed by atoms with E-state index in [9.17, 15) is 0 Å². The normalized spacial score (nSPS) is 10.7. The summed E-state index contributed by atoms with van der Waals surface area (Å²) in [7, 11) is -4.94. The van der Waals surface area contributed by atoms with Crippen LogP contribution in [0.2, 0.25) is 0 Å². The molecule has 2 rings (SSSR count). The number of aryl methyl sites for hydroxylation is 1. The van der Waals surface area contributed by atoms with Crippen molar-refractivity contribution in [3.05, 3.63) is 65.7 Å². The summed E-state index contributed by atoms with van der Waals surface area (Å²) >= 11 is 3.43. The van der Waals surface area contributed by atoms with Crippen LogP contribution in [0.25, 0.3) is 0 Å². The molecule has 0 heterocycles. The molecule has 0 saturated carbocycles. The number of benzene rings is 2. The minimum atomic E-state index is -4.94. The smallest absolute Gasteiger partial charge is 0.222 e. The van der Waals surface area contributed by atoms with Gasteiger partial charge in [-0.25, -0.2) is 18.6 Å². The van der Waals surface area contributed by atoms with Gasteiger partial charge in [-0.3, -0.25) is 0 Å². The van der Waals surface area contributed by atoms with Crippen LogP contribution in [-0.4, -0.2) is 0 Å². The molecule has 0 unspecified atom stereocenters. The predicted octanol–water partition coefficient (Wildman–Crippen LogP) is -3.87. The highest BCUT2D eigenvalue weighted by molar-refractivity contribution is 9.10. The molecular weight excluding hydrogens is 462 g/mol. The van der Waals surface area contributed by atoms with Crippen molar-refractivity contribution in [3.63, 3.8) is 0 Å². The SMILES string of the molecule is Cc1ccccc1[I+]c1ccc(Br)cc1.[O-][Cl+3]([O-])([O-])[O-]. The third-order valence-electron chi connectivity index (χ3n) is 2.09. The molecule has 0 aliphatic heterocycles. The van der Waals surface area contributed by atoms with Gasteiger partial charge in [0.1, 0.15) is 0 Å². The van der Waals surface area contributed by atoms with E-state index in [4.69, 9.17) is 18.6 Å². The van der Waals surface area contributed by atoms with Crippen molar-refractivity contribution in [1.82, 2.24) is 0 Å². The van der Waals surface area contributed by atoms with Crippen LogP contribution < -0.4 is 39.8 Å². The molecule has 0 amide bonds. The largest absolute Gasteiger partial charge is 0.358 e. The van der Waals surface area contributed by atoms with Gasteiger partial charge in [0, 0.05) is 10.0 Å². The van der Waals surface area contributed by atoms with Gasteiger partial charge in [0.05, 0.1) is 0 Å². The van der Waals surface area contributed by atoms with E-state index in [0.717, 1.165) is 4.47 Å². The monoisotopic (exact) mass is 472 g/mol. The zero-order chi connectivity index (χ0) is 15.2. The van der Waals surface area contributed by atoms with Crippen molar-refractivity contribution in [3.8, 4) is 0 Å². The van der Waals surface area contributed by atoms with E-state index >= 15 is 0 Å². The van der Waals surface area contributed by atoms with E-state index in [1.165, 1.54) is 12.7 Å². The first-order chi connectivity index (χ1) is 9.25. The molecule has 0 spiro atoms. The van der Waals surface area contributed by atoms with Crippen molar-refractivity contribution < 1.29 is 50.1 Å². The Morgan fingerprint density at radius 1 is 0.900 bits per heavy atom. The van der Waals surface area contributed by atoms with E-state index in [0.29, 0.717) is 0 Å². The van der Waals surface area contributed by atoms with Crippen molar-refractivity contribution in [2.24, 2.45) is 0 Å². The van der Waals surface area contributed by atoms with Crippen LogP contribution in [0.4, 0.5) is 0 Å². The highest BCUT2D eigenvalue weighted by Gasteiger charge is 2.16. The van der Waals surface area contributed by atoms with Gasteiger partial charge in [0.2, 0.25) is 0 Å². The van der Waals surface area contributed by atoms with Crippen LogP contribution in [0, 0.1) is 24.3 Å². The number of halogens is 3. The third kappa shape index (κ3) is 8.15. The molecule has 20 heavy (non-hydrogen) atoms. The van der Waals surface area contributed by atoms with E-state index in [1.54, 1.807) is 0 Å². The third-order valence-corrected chi connectivity index (χ3v) is 5.75. The van der Waals surface area contributed by atoms with Gasteiger partial charge in [-0.1, -0.05) is 34.1 Å². The summed E-state index contributed by atoms with van der Waals surface area (Å²) in [6.07, 6.45) is 0. The Labute approximate surface area is 138 Å². The van der Waals surface area contributed by atoms with Crippen LogP contribution in [0.5, 0.6) is 0 Å². The second kappa shape index (κ2) is 8.28. The van der Waals surface area contributed by atoms with Gasteiger partial charge >= 0.3 is 21.2 Å². The van der Waals surface area contributed by atoms with Crippen LogP contribution in [0.1, 0.15) is 5.56 Å². The molecule has 0 N–H and O–H groups in total.